The highest BCUT2D eigenvalue weighted by atomic mass is 16.5. The molecule has 0 aromatic heterocycles. The maximum atomic E-state index is 10.6. The lowest BCUT2D eigenvalue weighted by Crippen LogP contribution is -2.25. The Morgan fingerprint density at radius 3 is 2.50 bits per heavy atom. The number of ether oxygens (including phenoxy) is 1. The Balaban J connectivity index is 2.18. The molecule has 12 heavy (non-hydrogen) atoms. The van der Waals surface area contributed by atoms with Crippen LogP contribution in [-0.4, -0.2) is 18.8 Å². The first-order chi connectivity index (χ1) is 5.86. The molecular weight excluding hydrogens is 152 g/mol. The molecule has 1 atom stereocenters. The van der Waals surface area contributed by atoms with Crippen LogP contribution in [0.25, 0.3) is 0 Å². The van der Waals surface area contributed by atoms with Crippen LogP contribution < -0.4 is 0 Å². The van der Waals surface area contributed by atoms with Crippen LogP contribution in [0.3, 0.4) is 0 Å². The van der Waals surface area contributed by atoms with Gasteiger partial charge in [-0.25, -0.2) is 5.11 Å². The Morgan fingerprint density at radius 2 is 2.00 bits per heavy atom. The summed E-state index contributed by atoms with van der Waals surface area (Å²) in [5.74, 6) is 0. The Bertz CT molecular complexity index is 104. The first-order valence-electron chi connectivity index (χ1n) is 5.10. The van der Waals surface area contributed by atoms with Crippen molar-refractivity contribution in [2.75, 3.05) is 6.61 Å². The summed E-state index contributed by atoms with van der Waals surface area (Å²) in [5.41, 5.74) is 0. The van der Waals surface area contributed by atoms with E-state index < -0.39 is 0 Å². The fraction of sp³-hybridized carbons (Fsp3) is 1.00. The van der Waals surface area contributed by atoms with Crippen molar-refractivity contribution < 1.29 is 9.84 Å². The van der Waals surface area contributed by atoms with Gasteiger partial charge in [0, 0.05) is 0 Å². The van der Waals surface area contributed by atoms with E-state index in [4.69, 9.17) is 4.74 Å². The summed E-state index contributed by atoms with van der Waals surface area (Å²) >= 11 is 0. The minimum Gasteiger partial charge on any atom is -0.372 e. The van der Waals surface area contributed by atoms with E-state index in [0.29, 0.717) is 6.10 Å². The predicted molar refractivity (Wildman–Crippen MR) is 47.6 cm³/mol. The summed E-state index contributed by atoms with van der Waals surface area (Å²) in [6.45, 7) is 1.94. The van der Waals surface area contributed by atoms with Gasteiger partial charge < -0.3 is 4.74 Å². The number of hydrogen-bond acceptors (Lipinski definition) is 1. The summed E-state index contributed by atoms with van der Waals surface area (Å²) in [5, 5.41) is 10.6. The van der Waals surface area contributed by atoms with Gasteiger partial charge in [-0.1, -0.05) is 26.2 Å². The summed E-state index contributed by atoms with van der Waals surface area (Å²) in [6, 6.07) is 0. The standard InChI is InChI=1S/C10H19O2/c1-2-9(8-11)12-10-6-4-3-5-7-10/h9-10H,2-8H2,1H3. The van der Waals surface area contributed by atoms with E-state index in [9.17, 15) is 5.11 Å². The Labute approximate surface area is 74.9 Å². The molecule has 0 saturated heterocycles. The van der Waals surface area contributed by atoms with Crippen molar-refractivity contribution in [1.82, 2.24) is 0 Å². The van der Waals surface area contributed by atoms with Crippen molar-refractivity contribution in [3.05, 3.63) is 0 Å². The molecule has 2 nitrogen and oxygen atoms in total. The van der Waals surface area contributed by atoms with E-state index in [0.717, 1.165) is 19.3 Å². The highest BCUT2D eigenvalue weighted by Crippen LogP contribution is 2.21. The third kappa shape index (κ3) is 3.11. The molecule has 1 rings (SSSR count). The molecular formula is C10H19O2. The third-order valence-corrected chi connectivity index (χ3v) is 2.58. The smallest absolute Gasteiger partial charge is 0.108 e. The van der Waals surface area contributed by atoms with Crippen molar-refractivity contribution in [2.24, 2.45) is 0 Å². The van der Waals surface area contributed by atoms with Gasteiger partial charge in [0.05, 0.1) is 12.2 Å². The summed E-state index contributed by atoms with van der Waals surface area (Å²) in [7, 11) is 0. The molecule has 1 saturated carbocycles. The fourth-order valence-electron chi connectivity index (χ4n) is 1.73. The molecule has 0 bridgehead atoms. The zero-order valence-electron chi connectivity index (χ0n) is 7.92. The first-order valence-corrected chi connectivity index (χ1v) is 5.10. The van der Waals surface area contributed by atoms with Crippen molar-refractivity contribution >= 4 is 0 Å². The summed E-state index contributed by atoms with van der Waals surface area (Å²) in [6.07, 6.45) is 7.44. The van der Waals surface area contributed by atoms with Crippen LogP contribution in [0.4, 0.5) is 0 Å². The zero-order valence-corrected chi connectivity index (χ0v) is 7.92. The van der Waals surface area contributed by atoms with Gasteiger partial charge in [-0.15, -0.1) is 0 Å². The Morgan fingerprint density at radius 1 is 1.33 bits per heavy atom. The van der Waals surface area contributed by atoms with Gasteiger partial charge in [-0.2, -0.15) is 0 Å². The predicted octanol–water partition coefficient (Wildman–Crippen LogP) is 2.54. The molecule has 1 aliphatic carbocycles. The maximum Gasteiger partial charge on any atom is 0.108 e. The zero-order chi connectivity index (χ0) is 8.81. The van der Waals surface area contributed by atoms with Crippen LogP contribution in [0.15, 0.2) is 0 Å². The van der Waals surface area contributed by atoms with Crippen molar-refractivity contribution in [3.63, 3.8) is 0 Å². The topological polar surface area (TPSA) is 29.1 Å². The van der Waals surface area contributed by atoms with E-state index in [1.807, 2.05) is 6.92 Å². The van der Waals surface area contributed by atoms with E-state index in [-0.39, 0.29) is 12.7 Å². The molecule has 71 valence electrons. The second-order valence-electron chi connectivity index (χ2n) is 3.59. The van der Waals surface area contributed by atoms with Crippen molar-refractivity contribution in [2.45, 2.75) is 57.7 Å². The minimum atomic E-state index is -0.0764. The first kappa shape index (κ1) is 10.0. The van der Waals surface area contributed by atoms with Crippen LogP contribution in [0, 0.1) is 0 Å². The lowest BCUT2D eigenvalue weighted by Gasteiger charge is -2.25. The van der Waals surface area contributed by atoms with E-state index in [1.165, 1.54) is 19.3 Å². The molecule has 1 aliphatic rings. The summed E-state index contributed by atoms with van der Waals surface area (Å²) < 4.78 is 5.68. The highest BCUT2D eigenvalue weighted by molar-refractivity contribution is 4.67. The van der Waals surface area contributed by atoms with Gasteiger partial charge in [0.2, 0.25) is 0 Å². The lowest BCUT2D eigenvalue weighted by molar-refractivity contribution is -0.0667. The van der Waals surface area contributed by atoms with E-state index >= 15 is 0 Å². The second-order valence-corrected chi connectivity index (χ2v) is 3.59. The molecule has 0 heterocycles. The normalized spacial score (nSPS) is 22.5. The van der Waals surface area contributed by atoms with Gasteiger partial charge in [0.15, 0.2) is 0 Å². The van der Waals surface area contributed by atoms with Gasteiger partial charge in [0.25, 0.3) is 0 Å². The summed E-state index contributed by atoms with van der Waals surface area (Å²) in [4.78, 5) is 0. The Kier molecular flexibility index (Phi) is 4.62. The van der Waals surface area contributed by atoms with Gasteiger partial charge in [-0.05, 0) is 19.3 Å². The van der Waals surface area contributed by atoms with Gasteiger partial charge >= 0.3 is 0 Å². The van der Waals surface area contributed by atoms with Crippen LogP contribution in [-0.2, 0) is 9.84 Å². The molecule has 0 aliphatic heterocycles. The quantitative estimate of drug-likeness (QED) is 0.639. The maximum absolute atomic E-state index is 10.6. The lowest BCUT2D eigenvalue weighted by atomic mass is 9.97. The molecule has 0 N–H and O–H groups in total. The molecule has 0 aromatic carbocycles. The number of rotatable bonds is 4. The monoisotopic (exact) mass is 171 g/mol. The highest BCUT2D eigenvalue weighted by Gasteiger charge is 2.17. The Hall–Kier alpha value is -0.0800. The molecule has 0 spiro atoms. The van der Waals surface area contributed by atoms with Crippen molar-refractivity contribution in [3.8, 4) is 0 Å². The van der Waals surface area contributed by atoms with E-state index in [2.05, 4.69) is 0 Å². The average Bonchev–Trinajstić information content (AvgIpc) is 2.16. The molecule has 2 heteroatoms. The molecule has 0 aromatic rings. The molecule has 1 fully saturated rings. The second kappa shape index (κ2) is 5.55. The van der Waals surface area contributed by atoms with Crippen LogP contribution in [0.2, 0.25) is 0 Å². The third-order valence-electron chi connectivity index (χ3n) is 2.58. The fourth-order valence-corrected chi connectivity index (χ4v) is 1.73. The molecule has 0 amide bonds. The SMILES string of the molecule is CCC(C[O])OC1CCCCC1. The molecule has 1 radical (unpaired) electrons. The van der Waals surface area contributed by atoms with Gasteiger partial charge in [0.1, 0.15) is 6.61 Å². The van der Waals surface area contributed by atoms with Crippen LogP contribution >= 0.6 is 0 Å². The van der Waals surface area contributed by atoms with Crippen LogP contribution in [0.1, 0.15) is 45.4 Å². The van der Waals surface area contributed by atoms with Gasteiger partial charge in [-0.3, -0.25) is 0 Å². The molecule has 1 unspecified atom stereocenters. The average molecular weight is 171 g/mol. The van der Waals surface area contributed by atoms with Crippen molar-refractivity contribution in [1.29, 1.82) is 0 Å². The van der Waals surface area contributed by atoms with Crippen LogP contribution in [0.5, 0.6) is 0 Å². The van der Waals surface area contributed by atoms with E-state index in [1.54, 1.807) is 0 Å². The minimum absolute atomic E-state index is 0.0342. The largest absolute Gasteiger partial charge is 0.372 e. The number of hydrogen-bond donors (Lipinski definition) is 0.